The molecule has 1 N–H and O–H groups in total. The van der Waals surface area contributed by atoms with Crippen molar-refractivity contribution >= 4 is 29.3 Å². The quantitative estimate of drug-likeness (QED) is 0.261. The number of amides is 2. The zero-order valence-electron chi connectivity index (χ0n) is 22.8. The van der Waals surface area contributed by atoms with Crippen LogP contribution in [0.4, 0.5) is 11.4 Å². The molecule has 4 aromatic rings. The van der Waals surface area contributed by atoms with Gasteiger partial charge >= 0.3 is 0 Å². The lowest BCUT2D eigenvalue weighted by atomic mass is 10.1. The Morgan fingerprint density at radius 2 is 1.68 bits per heavy atom. The number of benzene rings is 4. The lowest BCUT2D eigenvalue weighted by Gasteiger charge is -2.30. The summed E-state index contributed by atoms with van der Waals surface area (Å²) in [5, 5.41) is 3.00. The molecule has 0 atom stereocenters. The Labute approximate surface area is 235 Å². The van der Waals surface area contributed by atoms with E-state index in [0.29, 0.717) is 24.4 Å². The van der Waals surface area contributed by atoms with Crippen LogP contribution >= 0.6 is 0 Å². The van der Waals surface area contributed by atoms with Gasteiger partial charge < -0.3 is 15.0 Å². The fourth-order valence-electron chi connectivity index (χ4n) is 4.81. The first-order valence-corrected chi connectivity index (χ1v) is 13.6. The maximum atomic E-state index is 13.5. The van der Waals surface area contributed by atoms with Gasteiger partial charge in [0.15, 0.2) is 11.5 Å². The zero-order chi connectivity index (χ0) is 27.9. The summed E-state index contributed by atoms with van der Waals surface area (Å²) >= 11 is 0. The van der Waals surface area contributed by atoms with E-state index in [1.165, 1.54) is 0 Å². The molecule has 0 aliphatic carbocycles. The lowest BCUT2D eigenvalue weighted by molar-refractivity contribution is -0.117. The molecule has 0 spiro atoms. The number of hydrogen-bond acceptors (Lipinski definition) is 4. The average Bonchev–Trinajstić information content (AvgIpc) is 2.98. The highest BCUT2D eigenvalue weighted by molar-refractivity contribution is 6.09. The van der Waals surface area contributed by atoms with E-state index >= 15 is 0 Å². The summed E-state index contributed by atoms with van der Waals surface area (Å²) in [7, 11) is 0. The number of fused-ring (bicyclic) bond motifs is 1. The molecule has 0 fully saturated rings. The SMILES string of the molecule is CCN(CCNC(=O)c1ccc(C=C2Oc3ccccc3N(Cc3cccc(C)c3)C2=O)cc1)c1ccccc1. The Bertz CT molecular complexity index is 1510. The van der Waals surface area contributed by atoms with Crippen LogP contribution in [0.1, 0.15) is 34.0 Å². The van der Waals surface area contributed by atoms with Gasteiger partial charge in [-0.05, 0) is 67.4 Å². The molecule has 202 valence electrons. The first-order chi connectivity index (χ1) is 19.5. The number of para-hydroxylation sites is 3. The Balaban J connectivity index is 1.26. The summed E-state index contributed by atoms with van der Waals surface area (Å²) in [6, 6.07) is 33.0. The molecular weight excluding hydrogens is 498 g/mol. The molecule has 0 saturated heterocycles. The van der Waals surface area contributed by atoms with Crippen molar-refractivity contribution in [2.75, 3.05) is 29.4 Å². The van der Waals surface area contributed by atoms with Crippen LogP contribution in [0.25, 0.3) is 6.08 Å². The van der Waals surface area contributed by atoms with E-state index in [1.54, 1.807) is 23.1 Å². The van der Waals surface area contributed by atoms with Crippen LogP contribution in [0.15, 0.2) is 109 Å². The van der Waals surface area contributed by atoms with E-state index < -0.39 is 0 Å². The van der Waals surface area contributed by atoms with Gasteiger partial charge in [-0.2, -0.15) is 0 Å². The molecule has 5 rings (SSSR count). The molecule has 1 aliphatic heterocycles. The molecule has 6 nitrogen and oxygen atoms in total. The highest BCUT2D eigenvalue weighted by Gasteiger charge is 2.30. The van der Waals surface area contributed by atoms with E-state index in [4.69, 9.17) is 4.74 Å². The number of rotatable bonds is 9. The van der Waals surface area contributed by atoms with Crippen LogP contribution in [0.2, 0.25) is 0 Å². The van der Waals surface area contributed by atoms with Gasteiger partial charge in [0.25, 0.3) is 11.8 Å². The molecule has 0 unspecified atom stereocenters. The van der Waals surface area contributed by atoms with Gasteiger partial charge in [0.1, 0.15) is 0 Å². The van der Waals surface area contributed by atoms with Crippen LogP contribution in [-0.2, 0) is 11.3 Å². The van der Waals surface area contributed by atoms with E-state index in [0.717, 1.165) is 41.2 Å². The number of anilines is 2. The van der Waals surface area contributed by atoms with Crippen LogP contribution in [0.5, 0.6) is 5.75 Å². The molecule has 4 aromatic carbocycles. The van der Waals surface area contributed by atoms with Crippen LogP contribution in [-0.4, -0.2) is 31.4 Å². The molecule has 0 saturated carbocycles. The average molecular weight is 532 g/mol. The second-order valence-corrected chi connectivity index (χ2v) is 9.75. The number of nitrogens with one attached hydrogen (secondary N) is 1. The molecule has 0 aromatic heterocycles. The Morgan fingerprint density at radius 3 is 2.42 bits per heavy atom. The number of aryl methyl sites for hydroxylation is 1. The maximum Gasteiger partial charge on any atom is 0.294 e. The third-order valence-electron chi connectivity index (χ3n) is 6.90. The van der Waals surface area contributed by atoms with E-state index in [-0.39, 0.29) is 17.6 Å². The van der Waals surface area contributed by atoms with Gasteiger partial charge in [-0.15, -0.1) is 0 Å². The molecule has 40 heavy (non-hydrogen) atoms. The minimum Gasteiger partial charge on any atom is -0.449 e. The van der Waals surface area contributed by atoms with Crippen molar-refractivity contribution in [1.82, 2.24) is 5.32 Å². The predicted octanol–water partition coefficient (Wildman–Crippen LogP) is 6.22. The largest absolute Gasteiger partial charge is 0.449 e. The van der Waals surface area contributed by atoms with Crippen molar-refractivity contribution in [1.29, 1.82) is 0 Å². The first-order valence-electron chi connectivity index (χ1n) is 13.6. The van der Waals surface area contributed by atoms with Crippen molar-refractivity contribution in [3.63, 3.8) is 0 Å². The topological polar surface area (TPSA) is 61.9 Å². The van der Waals surface area contributed by atoms with Crippen molar-refractivity contribution < 1.29 is 14.3 Å². The zero-order valence-corrected chi connectivity index (χ0v) is 22.8. The molecule has 6 heteroatoms. The van der Waals surface area contributed by atoms with E-state index in [9.17, 15) is 9.59 Å². The van der Waals surface area contributed by atoms with Gasteiger partial charge in [-0.25, -0.2) is 0 Å². The fraction of sp³-hybridized carbons (Fsp3) is 0.176. The molecule has 0 bridgehead atoms. The maximum absolute atomic E-state index is 13.5. The molecule has 1 heterocycles. The van der Waals surface area contributed by atoms with Crippen LogP contribution in [0.3, 0.4) is 0 Å². The minimum atomic E-state index is -0.207. The Kier molecular flexibility index (Phi) is 8.26. The predicted molar refractivity (Wildman–Crippen MR) is 161 cm³/mol. The normalized spacial score (nSPS) is 13.5. The third kappa shape index (κ3) is 6.24. The monoisotopic (exact) mass is 531 g/mol. The Hall–Kier alpha value is -4.84. The smallest absolute Gasteiger partial charge is 0.294 e. The van der Waals surface area contributed by atoms with Gasteiger partial charge in [0, 0.05) is 30.9 Å². The number of carbonyl (C=O) groups excluding carboxylic acids is 2. The van der Waals surface area contributed by atoms with E-state index in [2.05, 4.69) is 35.3 Å². The number of carbonyl (C=O) groups is 2. The Morgan fingerprint density at radius 1 is 0.925 bits per heavy atom. The summed E-state index contributed by atoms with van der Waals surface area (Å²) in [5.41, 5.74) is 5.40. The highest BCUT2D eigenvalue weighted by Crippen LogP contribution is 2.36. The summed E-state index contributed by atoms with van der Waals surface area (Å²) in [6.07, 6.45) is 1.72. The first kappa shape index (κ1) is 26.8. The lowest BCUT2D eigenvalue weighted by Crippen LogP contribution is -2.36. The van der Waals surface area contributed by atoms with Gasteiger partial charge in [-0.3, -0.25) is 14.5 Å². The van der Waals surface area contributed by atoms with Crippen molar-refractivity contribution in [3.05, 3.63) is 131 Å². The van der Waals surface area contributed by atoms with Gasteiger partial charge in [0.2, 0.25) is 0 Å². The summed E-state index contributed by atoms with van der Waals surface area (Å²) in [6.45, 7) is 6.69. The molecule has 1 aliphatic rings. The second kappa shape index (κ2) is 12.3. The van der Waals surface area contributed by atoms with Gasteiger partial charge in [0.05, 0.1) is 12.2 Å². The van der Waals surface area contributed by atoms with Crippen LogP contribution < -0.4 is 19.9 Å². The van der Waals surface area contributed by atoms with E-state index in [1.807, 2.05) is 79.7 Å². The van der Waals surface area contributed by atoms with Crippen molar-refractivity contribution in [2.24, 2.45) is 0 Å². The molecule has 0 radical (unpaired) electrons. The summed E-state index contributed by atoms with van der Waals surface area (Å²) < 4.78 is 6.03. The standard InChI is InChI=1S/C34H33N3O3/c1-3-36(29-12-5-4-6-13-29)21-20-35-33(38)28-18-16-26(17-19-28)23-32-34(39)37(24-27-11-9-10-25(2)22-27)30-14-7-8-15-31(30)40-32/h4-19,22-23H,3,20-21,24H2,1-2H3,(H,35,38). The highest BCUT2D eigenvalue weighted by atomic mass is 16.5. The van der Waals surface area contributed by atoms with Gasteiger partial charge in [-0.1, -0.05) is 72.3 Å². The molecule has 2 amide bonds. The number of likely N-dealkylation sites (N-methyl/N-ethyl adjacent to an activating group) is 1. The summed E-state index contributed by atoms with van der Waals surface area (Å²) in [5.74, 6) is 0.533. The summed E-state index contributed by atoms with van der Waals surface area (Å²) in [4.78, 5) is 30.2. The fourth-order valence-corrected chi connectivity index (χ4v) is 4.81. The number of nitrogens with zero attached hydrogens (tertiary/aromatic N) is 2. The molecular formula is C34H33N3O3. The van der Waals surface area contributed by atoms with Crippen molar-refractivity contribution in [2.45, 2.75) is 20.4 Å². The van der Waals surface area contributed by atoms with Crippen molar-refractivity contribution in [3.8, 4) is 5.75 Å². The second-order valence-electron chi connectivity index (χ2n) is 9.75. The van der Waals surface area contributed by atoms with Crippen LogP contribution in [0, 0.1) is 6.92 Å². The minimum absolute atomic E-state index is 0.133. The third-order valence-corrected chi connectivity index (χ3v) is 6.90. The number of ether oxygens (including phenoxy) is 1. The number of hydrogen-bond donors (Lipinski definition) is 1.